The third-order valence-corrected chi connectivity index (χ3v) is 3.18. The number of hydrogen-bond acceptors (Lipinski definition) is 5. The minimum absolute atomic E-state index is 0.219. The Bertz CT molecular complexity index is 823. The number of hydrogen-bond donors (Lipinski definition) is 2. The Labute approximate surface area is 114 Å². The summed E-state index contributed by atoms with van der Waals surface area (Å²) in [5, 5.41) is 7.77. The van der Waals surface area contributed by atoms with Crippen molar-refractivity contribution in [3.8, 4) is 11.1 Å². The summed E-state index contributed by atoms with van der Waals surface area (Å²) in [6, 6.07) is 5.53. The molecule has 0 unspecified atom stereocenters. The standard InChI is InChI=1S/C14H13N5O/c1-8-16-6-10(7-17-8)9-2-3-11-12(4-9)13(5-15)18-19-14(11)20/h2-4,6-7H,5,15H2,1H3,(H,19,20). The first-order valence-electron chi connectivity index (χ1n) is 6.19. The molecule has 6 heteroatoms. The molecule has 0 aliphatic rings. The number of nitrogens with zero attached hydrogens (tertiary/aromatic N) is 3. The lowest BCUT2D eigenvalue weighted by molar-refractivity contribution is 0.900. The minimum atomic E-state index is -0.219. The maximum absolute atomic E-state index is 11.8. The quantitative estimate of drug-likeness (QED) is 0.725. The Balaban J connectivity index is 2.24. The van der Waals surface area contributed by atoms with Crippen LogP contribution in [0, 0.1) is 6.92 Å². The van der Waals surface area contributed by atoms with Crippen molar-refractivity contribution in [3.05, 3.63) is 52.5 Å². The number of nitrogens with two attached hydrogens (primary N) is 1. The zero-order valence-electron chi connectivity index (χ0n) is 10.9. The van der Waals surface area contributed by atoms with Crippen LogP contribution in [0.5, 0.6) is 0 Å². The van der Waals surface area contributed by atoms with Gasteiger partial charge in [-0.05, 0) is 24.6 Å². The summed E-state index contributed by atoms with van der Waals surface area (Å²) in [6.07, 6.45) is 3.51. The maximum Gasteiger partial charge on any atom is 0.272 e. The summed E-state index contributed by atoms with van der Waals surface area (Å²) in [7, 11) is 0. The van der Waals surface area contributed by atoms with Crippen LogP contribution >= 0.6 is 0 Å². The molecule has 3 N–H and O–H groups in total. The Hall–Kier alpha value is -2.60. The van der Waals surface area contributed by atoms with Crippen molar-refractivity contribution in [2.24, 2.45) is 5.73 Å². The number of rotatable bonds is 2. The molecule has 0 radical (unpaired) electrons. The largest absolute Gasteiger partial charge is 0.325 e. The molecule has 1 aromatic carbocycles. The average molecular weight is 267 g/mol. The predicted octanol–water partition coefficient (Wildman–Crippen LogP) is 1.15. The minimum Gasteiger partial charge on any atom is -0.325 e. The smallest absolute Gasteiger partial charge is 0.272 e. The molecule has 0 saturated heterocycles. The summed E-state index contributed by atoms with van der Waals surface area (Å²) in [5.41, 5.74) is 7.93. The number of benzene rings is 1. The van der Waals surface area contributed by atoms with Crippen LogP contribution in [-0.4, -0.2) is 20.2 Å². The van der Waals surface area contributed by atoms with Crippen molar-refractivity contribution in [2.75, 3.05) is 0 Å². The molecule has 2 aromatic heterocycles. The molecule has 20 heavy (non-hydrogen) atoms. The number of nitrogens with one attached hydrogen (secondary N) is 1. The molecule has 3 rings (SSSR count). The fraction of sp³-hybridized carbons (Fsp3) is 0.143. The fourth-order valence-electron chi connectivity index (χ4n) is 2.10. The first-order valence-corrected chi connectivity index (χ1v) is 6.19. The molecule has 6 nitrogen and oxygen atoms in total. The summed E-state index contributed by atoms with van der Waals surface area (Å²) < 4.78 is 0. The van der Waals surface area contributed by atoms with Crippen LogP contribution in [0.1, 0.15) is 11.5 Å². The van der Waals surface area contributed by atoms with Gasteiger partial charge in [-0.25, -0.2) is 15.1 Å². The SMILES string of the molecule is Cc1ncc(-c2ccc3c(=O)[nH]nc(CN)c3c2)cn1. The molecule has 0 bridgehead atoms. The lowest BCUT2D eigenvalue weighted by Gasteiger charge is -2.06. The second-order valence-electron chi connectivity index (χ2n) is 4.48. The van der Waals surface area contributed by atoms with Gasteiger partial charge in [0.05, 0.1) is 11.1 Å². The Morgan fingerprint density at radius 3 is 2.60 bits per heavy atom. The summed E-state index contributed by atoms with van der Waals surface area (Å²) in [4.78, 5) is 20.1. The molecule has 100 valence electrons. The molecular formula is C14H13N5O. The van der Waals surface area contributed by atoms with Crippen LogP contribution in [-0.2, 0) is 6.54 Å². The van der Waals surface area contributed by atoms with Crippen LogP contribution < -0.4 is 11.3 Å². The van der Waals surface area contributed by atoms with Crippen molar-refractivity contribution in [1.82, 2.24) is 20.2 Å². The Morgan fingerprint density at radius 1 is 1.15 bits per heavy atom. The van der Waals surface area contributed by atoms with Gasteiger partial charge in [0, 0.05) is 29.9 Å². The Morgan fingerprint density at radius 2 is 1.90 bits per heavy atom. The van der Waals surface area contributed by atoms with Gasteiger partial charge in [0.15, 0.2) is 0 Å². The van der Waals surface area contributed by atoms with Gasteiger partial charge in [-0.1, -0.05) is 6.07 Å². The van der Waals surface area contributed by atoms with E-state index in [4.69, 9.17) is 5.73 Å². The van der Waals surface area contributed by atoms with Gasteiger partial charge in [-0.2, -0.15) is 5.10 Å². The molecule has 0 atom stereocenters. The number of aryl methyl sites for hydroxylation is 1. The second-order valence-corrected chi connectivity index (χ2v) is 4.48. The lowest BCUT2D eigenvalue weighted by Crippen LogP contribution is -2.13. The third-order valence-electron chi connectivity index (χ3n) is 3.18. The second kappa shape index (κ2) is 4.82. The van der Waals surface area contributed by atoms with Gasteiger partial charge in [0.2, 0.25) is 0 Å². The molecule has 0 amide bonds. The van der Waals surface area contributed by atoms with E-state index in [-0.39, 0.29) is 12.1 Å². The maximum atomic E-state index is 11.8. The summed E-state index contributed by atoms with van der Waals surface area (Å²) >= 11 is 0. The number of H-pyrrole nitrogens is 1. The summed E-state index contributed by atoms with van der Waals surface area (Å²) in [5.74, 6) is 0.718. The highest BCUT2D eigenvalue weighted by atomic mass is 16.1. The first-order chi connectivity index (χ1) is 9.69. The molecule has 3 aromatic rings. The van der Waals surface area contributed by atoms with Gasteiger partial charge in [-0.15, -0.1) is 0 Å². The van der Waals surface area contributed by atoms with Gasteiger partial charge in [-0.3, -0.25) is 4.79 Å². The van der Waals surface area contributed by atoms with E-state index in [9.17, 15) is 4.79 Å². The van der Waals surface area contributed by atoms with E-state index in [1.165, 1.54) is 0 Å². The zero-order chi connectivity index (χ0) is 14.1. The van der Waals surface area contributed by atoms with Crippen molar-refractivity contribution < 1.29 is 0 Å². The predicted molar refractivity (Wildman–Crippen MR) is 76.0 cm³/mol. The van der Waals surface area contributed by atoms with Crippen LogP contribution in [0.4, 0.5) is 0 Å². The van der Waals surface area contributed by atoms with E-state index in [0.29, 0.717) is 11.1 Å². The van der Waals surface area contributed by atoms with E-state index >= 15 is 0 Å². The van der Waals surface area contributed by atoms with Crippen LogP contribution in [0.2, 0.25) is 0 Å². The molecule has 0 aliphatic heterocycles. The number of fused-ring (bicyclic) bond motifs is 1. The summed E-state index contributed by atoms with van der Waals surface area (Å²) in [6.45, 7) is 2.10. The number of aromatic nitrogens is 4. The van der Waals surface area contributed by atoms with E-state index in [1.807, 2.05) is 19.1 Å². The van der Waals surface area contributed by atoms with E-state index in [2.05, 4.69) is 20.2 Å². The van der Waals surface area contributed by atoms with Crippen molar-refractivity contribution >= 4 is 10.8 Å². The molecule has 0 aliphatic carbocycles. The van der Waals surface area contributed by atoms with E-state index < -0.39 is 0 Å². The highest BCUT2D eigenvalue weighted by Crippen LogP contribution is 2.23. The van der Waals surface area contributed by atoms with Crippen LogP contribution in [0.25, 0.3) is 21.9 Å². The molecule has 2 heterocycles. The highest BCUT2D eigenvalue weighted by Gasteiger charge is 2.07. The normalized spacial score (nSPS) is 10.9. The monoisotopic (exact) mass is 267 g/mol. The van der Waals surface area contributed by atoms with Gasteiger partial charge < -0.3 is 5.73 Å². The van der Waals surface area contributed by atoms with E-state index in [1.54, 1.807) is 18.5 Å². The number of aromatic amines is 1. The fourth-order valence-corrected chi connectivity index (χ4v) is 2.10. The highest BCUT2D eigenvalue weighted by molar-refractivity contribution is 5.88. The third kappa shape index (κ3) is 2.06. The van der Waals surface area contributed by atoms with Crippen molar-refractivity contribution in [3.63, 3.8) is 0 Å². The molecule has 0 fully saturated rings. The molecular weight excluding hydrogens is 254 g/mol. The van der Waals surface area contributed by atoms with Crippen molar-refractivity contribution in [1.29, 1.82) is 0 Å². The van der Waals surface area contributed by atoms with E-state index in [0.717, 1.165) is 22.3 Å². The van der Waals surface area contributed by atoms with Gasteiger partial charge in [0.25, 0.3) is 5.56 Å². The zero-order valence-corrected chi connectivity index (χ0v) is 10.9. The molecule has 0 saturated carbocycles. The average Bonchev–Trinajstić information content (AvgIpc) is 2.48. The van der Waals surface area contributed by atoms with Crippen molar-refractivity contribution in [2.45, 2.75) is 13.5 Å². The first kappa shape index (κ1) is 12.4. The van der Waals surface area contributed by atoms with Crippen LogP contribution in [0.15, 0.2) is 35.4 Å². The topological polar surface area (TPSA) is 97.5 Å². The molecule has 0 spiro atoms. The van der Waals surface area contributed by atoms with Crippen LogP contribution in [0.3, 0.4) is 0 Å². The van der Waals surface area contributed by atoms with Gasteiger partial charge in [0.1, 0.15) is 5.82 Å². The Kier molecular flexibility index (Phi) is 3.00. The van der Waals surface area contributed by atoms with Gasteiger partial charge >= 0.3 is 0 Å². The lowest BCUT2D eigenvalue weighted by atomic mass is 10.0.